The van der Waals surface area contributed by atoms with Crippen LogP contribution < -0.4 is 15.0 Å². The number of fused-ring (bicyclic) bond motifs is 1. The minimum absolute atomic E-state index is 0.528. The Kier molecular flexibility index (Phi) is 3.09. The summed E-state index contributed by atoms with van der Waals surface area (Å²) in [5.41, 5.74) is 1.06. The largest absolute Gasteiger partial charge is 0.497 e. The van der Waals surface area contributed by atoms with E-state index in [1.165, 1.54) is 4.70 Å². The normalized spacial score (nSPS) is 20.3. The van der Waals surface area contributed by atoms with Gasteiger partial charge in [-0.2, -0.15) is 0 Å². The van der Waals surface area contributed by atoms with E-state index in [2.05, 4.69) is 23.2 Å². The number of nitrogens with zero attached hydrogens (tertiary/aromatic N) is 2. The lowest BCUT2D eigenvalue weighted by Crippen LogP contribution is -2.49. The number of ether oxygens (including phenoxy) is 1. The summed E-state index contributed by atoms with van der Waals surface area (Å²) >= 11 is 1.74. The summed E-state index contributed by atoms with van der Waals surface area (Å²) in [7, 11) is 1.70. The van der Waals surface area contributed by atoms with Crippen molar-refractivity contribution in [3.05, 3.63) is 18.2 Å². The van der Waals surface area contributed by atoms with Gasteiger partial charge in [-0.1, -0.05) is 11.3 Å². The van der Waals surface area contributed by atoms with Gasteiger partial charge in [-0.25, -0.2) is 4.98 Å². The van der Waals surface area contributed by atoms with Crippen LogP contribution in [0.1, 0.15) is 6.92 Å². The summed E-state index contributed by atoms with van der Waals surface area (Å²) in [6, 6.07) is 6.58. The van der Waals surface area contributed by atoms with Gasteiger partial charge >= 0.3 is 0 Å². The van der Waals surface area contributed by atoms with Gasteiger partial charge in [0.05, 0.1) is 17.3 Å². The second kappa shape index (κ2) is 4.74. The molecule has 1 aliphatic rings. The van der Waals surface area contributed by atoms with Gasteiger partial charge in [0, 0.05) is 25.7 Å². The molecule has 1 aliphatic heterocycles. The molecular formula is C13H17N3OS. The summed E-state index contributed by atoms with van der Waals surface area (Å²) in [5.74, 6) is 0.895. The van der Waals surface area contributed by atoms with Gasteiger partial charge in [0.1, 0.15) is 5.75 Å². The van der Waals surface area contributed by atoms with Crippen LogP contribution in [0.4, 0.5) is 5.13 Å². The maximum Gasteiger partial charge on any atom is 0.186 e. The van der Waals surface area contributed by atoms with Crippen LogP contribution >= 0.6 is 11.3 Å². The number of piperazine rings is 1. The van der Waals surface area contributed by atoms with E-state index in [1.54, 1.807) is 18.4 Å². The van der Waals surface area contributed by atoms with E-state index in [-0.39, 0.29) is 0 Å². The molecule has 0 aliphatic carbocycles. The van der Waals surface area contributed by atoms with E-state index in [0.717, 1.165) is 36.0 Å². The number of nitrogens with one attached hydrogen (secondary N) is 1. The topological polar surface area (TPSA) is 37.4 Å². The lowest BCUT2D eigenvalue weighted by Gasteiger charge is -2.31. The maximum atomic E-state index is 5.25. The molecule has 4 nitrogen and oxygen atoms in total. The zero-order chi connectivity index (χ0) is 12.5. The smallest absolute Gasteiger partial charge is 0.186 e. The molecule has 0 radical (unpaired) electrons. The SMILES string of the molecule is COc1ccc2nc(N3CCN[C@H](C)C3)sc2c1. The average molecular weight is 263 g/mol. The van der Waals surface area contributed by atoms with Crippen LogP contribution in [0.2, 0.25) is 0 Å². The Balaban J connectivity index is 1.92. The summed E-state index contributed by atoms with van der Waals surface area (Å²) in [6.45, 7) is 5.29. The van der Waals surface area contributed by atoms with Crippen molar-refractivity contribution in [1.82, 2.24) is 10.3 Å². The Morgan fingerprint density at radius 2 is 2.39 bits per heavy atom. The number of hydrogen-bond acceptors (Lipinski definition) is 5. The van der Waals surface area contributed by atoms with Crippen molar-refractivity contribution in [2.75, 3.05) is 31.6 Å². The molecule has 0 bridgehead atoms. The Bertz CT molecular complexity index is 554. The monoisotopic (exact) mass is 263 g/mol. The van der Waals surface area contributed by atoms with Gasteiger partial charge in [0.25, 0.3) is 0 Å². The second-order valence-electron chi connectivity index (χ2n) is 4.63. The number of aromatic nitrogens is 1. The highest BCUT2D eigenvalue weighted by Crippen LogP contribution is 2.31. The molecule has 96 valence electrons. The standard InChI is InChI=1S/C13H17N3OS/c1-9-8-16(6-5-14-9)13-15-11-4-3-10(17-2)7-12(11)18-13/h3-4,7,9,14H,5-6,8H2,1-2H3/t9-/m1/s1. The quantitative estimate of drug-likeness (QED) is 0.900. The van der Waals surface area contributed by atoms with Crippen LogP contribution in [0, 0.1) is 0 Å². The first-order chi connectivity index (χ1) is 8.76. The summed E-state index contributed by atoms with van der Waals surface area (Å²) in [6.07, 6.45) is 0. The Labute approximate surface area is 111 Å². The van der Waals surface area contributed by atoms with Gasteiger partial charge in [-0.15, -0.1) is 0 Å². The van der Waals surface area contributed by atoms with Crippen molar-refractivity contribution in [3.63, 3.8) is 0 Å². The van der Waals surface area contributed by atoms with Crippen molar-refractivity contribution in [2.24, 2.45) is 0 Å². The van der Waals surface area contributed by atoms with Crippen LogP contribution in [-0.2, 0) is 0 Å². The van der Waals surface area contributed by atoms with E-state index in [4.69, 9.17) is 9.72 Å². The fraction of sp³-hybridized carbons (Fsp3) is 0.462. The molecule has 2 heterocycles. The van der Waals surface area contributed by atoms with E-state index in [1.807, 2.05) is 12.1 Å². The minimum atomic E-state index is 0.528. The van der Waals surface area contributed by atoms with E-state index in [9.17, 15) is 0 Å². The predicted molar refractivity (Wildman–Crippen MR) is 75.8 cm³/mol. The Morgan fingerprint density at radius 3 is 3.17 bits per heavy atom. The second-order valence-corrected chi connectivity index (χ2v) is 5.64. The molecule has 1 aromatic carbocycles. The van der Waals surface area contributed by atoms with Crippen molar-refractivity contribution in [3.8, 4) is 5.75 Å². The number of anilines is 1. The molecule has 1 saturated heterocycles. The highest BCUT2D eigenvalue weighted by atomic mass is 32.1. The molecule has 18 heavy (non-hydrogen) atoms. The minimum Gasteiger partial charge on any atom is -0.497 e. The third-order valence-corrected chi connectivity index (χ3v) is 4.30. The molecule has 0 amide bonds. The molecule has 0 unspecified atom stereocenters. The number of thiazole rings is 1. The zero-order valence-electron chi connectivity index (χ0n) is 10.6. The van der Waals surface area contributed by atoms with Gasteiger partial charge in [-0.3, -0.25) is 0 Å². The van der Waals surface area contributed by atoms with Crippen LogP contribution in [0.5, 0.6) is 5.75 Å². The summed E-state index contributed by atoms with van der Waals surface area (Å²) < 4.78 is 6.44. The van der Waals surface area contributed by atoms with E-state index in [0.29, 0.717) is 6.04 Å². The molecule has 5 heteroatoms. The van der Waals surface area contributed by atoms with Crippen molar-refractivity contribution < 1.29 is 4.74 Å². The lowest BCUT2D eigenvalue weighted by atomic mass is 10.2. The van der Waals surface area contributed by atoms with Crippen LogP contribution in [-0.4, -0.2) is 37.8 Å². The Morgan fingerprint density at radius 1 is 1.50 bits per heavy atom. The summed E-state index contributed by atoms with van der Waals surface area (Å²) in [4.78, 5) is 7.07. The summed E-state index contributed by atoms with van der Waals surface area (Å²) in [5, 5.41) is 4.57. The first kappa shape index (κ1) is 11.7. The third kappa shape index (κ3) is 2.15. The van der Waals surface area contributed by atoms with Gasteiger partial charge < -0.3 is 15.0 Å². The molecular weight excluding hydrogens is 246 g/mol. The first-order valence-electron chi connectivity index (χ1n) is 6.19. The molecule has 0 spiro atoms. The van der Waals surface area contributed by atoms with Crippen molar-refractivity contribution in [2.45, 2.75) is 13.0 Å². The average Bonchev–Trinajstić information content (AvgIpc) is 2.81. The number of hydrogen-bond donors (Lipinski definition) is 1. The fourth-order valence-electron chi connectivity index (χ4n) is 2.26. The van der Waals surface area contributed by atoms with Crippen LogP contribution in [0.3, 0.4) is 0 Å². The molecule has 1 atom stereocenters. The van der Waals surface area contributed by atoms with Gasteiger partial charge in [0.2, 0.25) is 0 Å². The van der Waals surface area contributed by atoms with Gasteiger partial charge in [-0.05, 0) is 25.1 Å². The van der Waals surface area contributed by atoms with Crippen molar-refractivity contribution in [1.29, 1.82) is 0 Å². The highest BCUT2D eigenvalue weighted by molar-refractivity contribution is 7.22. The predicted octanol–water partition coefficient (Wildman–Crippen LogP) is 2.10. The molecule has 1 aromatic heterocycles. The molecule has 0 saturated carbocycles. The van der Waals surface area contributed by atoms with E-state index < -0.39 is 0 Å². The molecule has 3 rings (SSSR count). The van der Waals surface area contributed by atoms with Crippen LogP contribution in [0.25, 0.3) is 10.2 Å². The van der Waals surface area contributed by atoms with Crippen molar-refractivity contribution >= 4 is 26.7 Å². The fourth-order valence-corrected chi connectivity index (χ4v) is 3.29. The number of benzene rings is 1. The molecule has 1 N–H and O–H groups in total. The maximum absolute atomic E-state index is 5.25. The third-order valence-electron chi connectivity index (χ3n) is 3.22. The zero-order valence-corrected chi connectivity index (χ0v) is 11.5. The van der Waals surface area contributed by atoms with Crippen LogP contribution in [0.15, 0.2) is 18.2 Å². The lowest BCUT2D eigenvalue weighted by molar-refractivity contribution is 0.415. The molecule has 2 aromatic rings. The first-order valence-corrected chi connectivity index (χ1v) is 7.01. The molecule has 1 fully saturated rings. The Hall–Kier alpha value is -1.33. The van der Waals surface area contributed by atoms with E-state index >= 15 is 0 Å². The van der Waals surface area contributed by atoms with Gasteiger partial charge in [0.15, 0.2) is 5.13 Å². The number of methoxy groups -OCH3 is 1. The number of rotatable bonds is 2. The highest BCUT2D eigenvalue weighted by Gasteiger charge is 2.18.